The van der Waals surface area contributed by atoms with Crippen LogP contribution in [0.3, 0.4) is 0 Å². The van der Waals surface area contributed by atoms with E-state index in [2.05, 4.69) is 10.1 Å². The number of nitrogens with zero attached hydrogens (tertiary/aromatic N) is 4. The highest BCUT2D eigenvalue weighted by atomic mass is 35.5. The first kappa shape index (κ1) is 18.1. The van der Waals surface area contributed by atoms with Gasteiger partial charge >= 0.3 is 0 Å². The van der Waals surface area contributed by atoms with Gasteiger partial charge in [0, 0.05) is 23.7 Å². The Morgan fingerprint density at radius 3 is 2.79 bits per heavy atom. The molecule has 1 saturated heterocycles. The molecule has 0 saturated carbocycles. The number of carbonyl (C=O) groups is 1. The Hall–Kier alpha value is -3.26. The first-order valence-corrected chi connectivity index (χ1v) is 9.06. The van der Waals surface area contributed by atoms with E-state index in [1.807, 2.05) is 30.3 Å². The summed E-state index contributed by atoms with van der Waals surface area (Å²) >= 11 is 5.84. The Balaban J connectivity index is 1.61. The monoisotopic (exact) mass is 398 g/mol. The number of hydrogen-bond donors (Lipinski definition) is 0. The summed E-state index contributed by atoms with van der Waals surface area (Å²) in [5, 5.41) is 15.1. The van der Waals surface area contributed by atoms with Gasteiger partial charge in [-0.1, -0.05) is 47.1 Å². The molecule has 1 aliphatic rings. The SMILES string of the molecule is O=C(c1ccc(Cl)c([N+](=O)[O-])c1)N1CCC[C@@H]1c1nc(-c2ccccc2)no1. The molecule has 2 heterocycles. The van der Waals surface area contributed by atoms with Gasteiger partial charge in [0.2, 0.25) is 11.7 Å². The van der Waals surface area contributed by atoms with E-state index in [1.54, 1.807) is 4.90 Å². The molecule has 1 aliphatic heterocycles. The van der Waals surface area contributed by atoms with E-state index in [1.165, 1.54) is 18.2 Å². The molecule has 0 radical (unpaired) electrons. The molecule has 1 aromatic heterocycles. The van der Waals surface area contributed by atoms with Crippen LogP contribution in [-0.2, 0) is 0 Å². The smallest absolute Gasteiger partial charge is 0.288 e. The van der Waals surface area contributed by atoms with Crippen molar-refractivity contribution >= 4 is 23.2 Å². The summed E-state index contributed by atoms with van der Waals surface area (Å²) in [5.41, 5.74) is 0.722. The van der Waals surface area contributed by atoms with Crippen molar-refractivity contribution in [3.63, 3.8) is 0 Å². The van der Waals surface area contributed by atoms with Crippen LogP contribution < -0.4 is 0 Å². The van der Waals surface area contributed by atoms with E-state index >= 15 is 0 Å². The molecule has 0 spiro atoms. The highest BCUT2D eigenvalue weighted by molar-refractivity contribution is 6.32. The summed E-state index contributed by atoms with van der Waals surface area (Å²) in [4.78, 5) is 29.5. The third kappa shape index (κ3) is 3.34. The lowest BCUT2D eigenvalue weighted by Gasteiger charge is -2.21. The minimum Gasteiger partial charge on any atom is -0.337 e. The van der Waals surface area contributed by atoms with Crippen molar-refractivity contribution < 1.29 is 14.2 Å². The molecule has 0 unspecified atom stereocenters. The van der Waals surface area contributed by atoms with Gasteiger partial charge in [0.1, 0.15) is 11.1 Å². The van der Waals surface area contributed by atoms with Gasteiger partial charge in [0.05, 0.1) is 4.92 Å². The fourth-order valence-corrected chi connectivity index (χ4v) is 3.48. The minimum absolute atomic E-state index is 0.0103. The first-order valence-electron chi connectivity index (χ1n) is 8.68. The molecule has 9 heteroatoms. The van der Waals surface area contributed by atoms with Gasteiger partial charge in [-0.3, -0.25) is 14.9 Å². The standard InChI is InChI=1S/C19H15ClN4O4/c20-14-9-8-13(11-16(14)24(26)27)19(25)23-10-4-7-15(23)18-21-17(22-28-18)12-5-2-1-3-6-12/h1-3,5-6,8-9,11,15H,4,7,10H2/t15-/m1/s1. The normalized spacial score (nSPS) is 16.3. The molecule has 0 bridgehead atoms. The molecular weight excluding hydrogens is 384 g/mol. The fraction of sp³-hybridized carbons (Fsp3) is 0.211. The summed E-state index contributed by atoms with van der Waals surface area (Å²) in [6.45, 7) is 0.503. The van der Waals surface area contributed by atoms with Crippen LogP contribution in [0.15, 0.2) is 53.1 Å². The largest absolute Gasteiger partial charge is 0.337 e. The molecule has 28 heavy (non-hydrogen) atoms. The third-order valence-corrected chi connectivity index (χ3v) is 4.98. The number of halogens is 1. The summed E-state index contributed by atoms with van der Waals surface area (Å²) in [6, 6.07) is 13.1. The Morgan fingerprint density at radius 1 is 1.25 bits per heavy atom. The number of carbonyl (C=O) groups excluding carboxylic acids is 1. The molecular formula is C19H15ClN4O4. The first-order chi connectivity index (χ1) is 13.5. The Kier molecular flexibility index (Phi) is 4.79. The summed E-state index contributed by atoms with van der Waals surface area (Å²) in [5.74, 6) is 0.479. The topological polar surface area (TPSA) is 102 Å². The van der Waals surface area contributed by atoms with Gasteiger partial charge in [-0.15, -0.1) is 0 Å². The quantitative estimate of drug-likeness (QED) is 0.480. The van der Waals surface area contributed by atoms with Crippen molar-refractivity contribution in [3.8, 4) is 11.4 Å². The lowest BCUT2D eigenvalue weighted by molar-refractivity contribution is -0.384. The second-order valence-electron chi connectivity index (χ2n) is 6.40. The van der Waals surface area contributed by atoms with Crippen molar-refractivity contribution in [1.82, 2.24) is 15.0 Å². The van der Waals surface area contributed by atoms with E-state index in [-0.39, 0.29) is 28.2 Å². The second-order valence-corrected chi connectivity index (χ2v) is 6.81. The average molecular weight is 399 g/mol. The molecule has 2 aromatic carbocycles. The van der Waals surface area contributed by atoms with Crippen LogP contribution in [0.1, 0.15) is 35.1 Å². The zero-order valence-electron chi connectivity index (χ0n) is 14.6. The van der Waals surface area contributed by atoms with Gasteiger partial charge in [-0.2, -0.15) is 4.98 Å². The van der Waals surface area contributed by atoms with Crippen LogP contribution in [0.4, 0.5) is 5.69 Å². The van der Waals surface area contributed by atoms with Gasteiger partial charge in [-0.25, -0.2) is 0 Å². The van der Waals surface area contributed by atoms with Crippen LogP contribution >= 0.6 is 11.6 Å². The molecule has 0 N–H and O–H groups in total. The van der Waals surface area contributed by atoms with Crippen LogP contribution in [0.2, 0.25) is 5.02 Å². The highest BCUT2D eigenvalue weighted by Crippen LogP contribution is 2.34. The number of aromatic nitrogens is 2. The number of benzene rings is 2. The molecule has 4 rings (SSSR count). The van der Waals surface area contributed by atoms with Gasteiger partial charge in [0.15, 0.2) is 0 Å². The maximum absolute atomic E-state index is 13.0. The Labute approximate surface area is 164 Å². The Morgan fingerprint density at radius 2 is 2.04 bits per heavy atom. The van der Waals surface area contributed by atoms with Crippen molar-refractivity contribution in [2.45, 2.75) is 18.9 Å². The minimum atomic E-state index is -0.606. The molecule has 1 fully saturated rings. The molecule has 0 aliphatic carbocycles. The molecule has 8 nitrogen and oxygen atoms in total. The predicted molar refractivity (Wildman–Crippen MR) is 101 cm³/mol. The molecule has 3 aromatic rings. The van der Waals surface area contributed by atoms with E-state index in [0.717, 1.165) is 12.0 Å². The van der Waals surface area contributed by atoms with Crippen molar-refractivity contribution in [3.05, 3.63) is 75.1 Å². The number of hydrogen-bond acceptors (Lipinski definition) is 6. The Bertz CT molecular complexity index is 1040. The zero-order valence-corrected chi connectivity index (χ0v) is 15.4. The lowest BCUT2D eigenvalue weighted by Crippen LogP contribution is -2.30. The number of rotatable bonds is 4. The van der Waals surface area contributed by atoms with E-state index < -0.39 is 4.92 Å². The predicted octanol–water partition coefficient (Wildman–Crippen LogP) is 4.28. The van der Waals surface area contributed by atoms with Gasteiger partial charge < -0.3 is 9.42 Å². The average Bonchev–Trinajstić information content (AvgIpc) is 3.37. The van der Waals surface area contributed by atoms with Crippen molar-refractivity contribution in [2.24, 2.45) is 0 Å². The van der Waals surface area contributed by atoms with Crippen LogP contribution in [-0.4, -0.2) is 32.4 Å². The second kappa shape index (κ2) is 7.40. The van der Waals surface area contributed by atoms with Crippen molar-refractivity contribution in [2.75, 3.05) is 6.54 Å². The molecule has 142 valence electrons. The van der Waals surface area contributed by atoms with Gasteiger partial charge in [-0.05, 0) is 25.0 Å². The van der Waals surface area contributed by atoms with Crippen LogP contribution in [0.25, 0.3) is 11.4 Å². The number of nitro benzene ring substituents is 1. The number of likely N-dealkylation sites (tertiary alicyclic amines) is 1. The third-order valence-electron chi connectivity index (χ3n) is 4.66. The lowest BCUT2D eigenvalue weighted by atomic mass is 10.1. The zero-order chi connectivity index (χ0) is 19.7. The maximum atomic E-state index is 13.0. The summed E-state index contributed by atoms with van der Waals surface area (Å²) in [7, 11) is 0. The van der Waals surface area contributed by atoms with Gasteiger partial charge in [0.25, 0.3) is 11.6 Å². The maximum Gasteiger partial charge on any atom is 0.288 e. The molecule has 1 amide bonds. The number of amides is 1. The molecule has 1 atom stereocenters. The highest BCUT2D eigenvalue weighted by Gasteiger charge is 2.35. The van der Waals surface area contributed by atoms with E-state index in [4.69, 9.17) is 16.1 Å². The van der Waals surface area contributed by atoms with Crippen LogP contribution in [0, 0.1) is 10.1 Å². The van der Waals surface area contributed by atoms with Crippen LogP contribution in [0.5, 0.6) is 0 Å². The van der Waals surface area contributed by atoms with Crippen molar-refractivity contribution in [1.29, 1.82) is 0 Å². The van der Waals surface area contributed by atoms with E-state index in [0.29, 0.717) is 24.7 Å². The summed E-state index contributed by atoms with van der Waals surface area (Å²) < 4.78 is 5.42. The van der Waals surface area contributed by atoms with E-state index in [9.17, 15) is 14.9 Å². The summed E-state index contributed by atoms with van der Waals surface area (Å²) in [6.07, 6.45) is 1.45. The number of nitro groups is 1. The fourth-order valence-electron chi connectivity index (χ4n) is 3.29.